The number of nitrogens with zero attached hydrogens (tertiary/aromatic N) is 2. The summed E-state index contributed by atoms with van der Waals surface area (Å²) < 4.78 is 10.6. The molecule has 0 fully saturated rings. The fourth-order valence-corrected chi connectivity index (χ4v) is 1.47. The Bertz CT molecular complexity index is 470. The summed E-state index contributed by atoms with van der Waals surface area (Å²) in [6, 6.07) is 9.46. The second kappa shape index (κ2) is 6.16. The number of benzene rings is 1. The van der Waals surface area contributed by atoms with Gasteiger partial charge in [-0.3, -0.25) is 0 Å². The Morgan fingerprint density at radius 1 is 1.33 bits per heavy atom. The fraction of sp³-hybridized carbons (Fsp3) is 0.385. The SMILES string of the molecule is CC[C@@H](N)c1nc(CCOc2ccccc2)no1. The molecule has 2 aromatic rings. The molecule has 2 rings (SSSR count). The molecule has 0 aliphatic carbocycles. The lowest BCUT2D eigenvalue weighted by Crippen LogP contribution is -2.09. The van der Waals surface area contributed by atoms with E-state index in [0.717, 1.165) is 12.2 Å². The molecule has 0 aliphatic rings. The maximum atomic E-state index is 5.80. The minimum atomic E-state index is -0.179. The lowest BCUT2D eigenvalue weighted by molar-refractivity contribution is 0.312. The molecule has 2 N–H and O–H groups in total. The first-order chi connectivity index (χ1) is 8.79. The number of hydrogen-bond donors (Lipinski definition) is 1. The molecule has 0 amide bonds. The molecule has 1 aromatic carbocycles. The predicted octanol–water partition coefficient (Wildman–Crippen LogP) is 2.10. The van der Waals surface area contributed by atoms with Crippen molar-refractivity contribution in [3.8, 4) is 5.75 Å². The fourth-order valence-electron chi connectivity index (χ4n) is 1.47. The average molecular weight is 247 g/mol. The summed E-state index contributed by atoms with van der Waals surface area (Å²) >= 11 is 0. The highest BCUT2D eigenvalue weighted by molar-refractivity contribution is 5.20. The molecule has 0 radical (unpaired) electrons. The van der Waals surface area contributed by atoms with Crippen LogP contribution >= 0.6 is 0 Å². The Morgan fingerprint density at radius 2 is 2.11 bits per heavy atom. The molecule has 0 saturated carbocycles. The zero-order chi connectivity index (χ0) is 12.8. The molecule has 0 aliphatic heterocycles. The third-order valence-electron chi connectivity index (χ3n) is 2.58. The standard InChI is InChI=1S/C13H17N3O2/c1-2-11(14)13-15-12(16-18-13)8-9-17-10-6-4-3-5-7-10/h3-7,11H,2,8-9,14H2,1H3/t11-/m1/s1. The molecular formula is C13H17N3O2. The third kappa shape index (κ3) is 3.30. The normalized spacial score (nSPS) is 12.3. The molecule has 96 valence electrons. The van der Waals surface area contributed by atoms with Crippen LogP contribution in [0.4, 0.5) is 0 Å². The number of rotatable bonds is 6. The molecule has 5 nitrogen and oxygen atoms in total. The van der Waals surface area contributed by atoms with E-state index >= 15 is 0 Å². The van der Waals surface area contributed by atoms with Gasteiger partial charge in [0, 0.05) is 6.42 Å². The van der Waals surface area contributed by atoms with Crippen LogP contribution in [0.5, 0.6) is 5.75 Å². The second-order valence-electron chi connectivity index (χ2n) is 3.98. The number of ether oxygens (including phenoxy) is 1. The molecule has 1 aromatic heterocycles. The van der Waals surface area contributed by atoms with Gasteiger partial charge in [-0.15, -0.1) is 0 Å². The van der Waals surface area contributed by atoms with Gasteiger partial charge in [0.15, 0.2) is 5.82 Å². The van der Waals surface area contributed by atoms with Crippen LogP contribution in [-0.2, 0) is 6.42 Å². The summed E-state index contributed by atoms with van der Waals surface area (Å²) in [5.41, 5.74) is 5.80. The summed E-state index contributed by atoms with van der Waals surface area (Å²) in [6.45, 7) is 2.50. The molecule has 5 heteroatoms. The van der Waals surface area contributed by atoms with E-state index < -0.39 is 0 Å². The summed E-state index contributed by atoms with van der Waals surface area (Å²) in [6.07, 6.45) is 1.39. The number of aromatic nitrogens is 2. The van der Waals surface area contributed by atoms with Crippen molar-refractivity contribution in [1.82, 2.24) is 10.1 Å². The number of nitrogens with two attached hydrogens (primary N) is 1. The van der Waals surface area contributed by atoms with Gasteiger partial charge in [-0.05, 0) is 18.6 Å². The zero-order valence-corrected chi connectivity index (χ0v) is 10.4. The van der Waals surface area contributed by atoms with Gasteiger partial charge in [-0.25, -0.2) is 0 Å². The summed E-state index contributed by atoms with van der Waals surface area (Å²) in [4.78, 5) is 4.23. The third-order valence-corrected chi connectivity index (χ3v) is 2.58. The lowest BCUT2D eigenvalue weighted by atomic mass is 10.2. The summed E-state index contributed by atoms with van der Waals surface area (Å²) in [5.74, 6) is 1.96. The van der Waals surface area contributed by atoms with Gasteiger partial charge in [0.2, 0.25) is 5.89 Å². The average Bonchev–Trinajstić information content (AvgIpc) is 2.88. The zero-order valence-electron chi connectivity index (χ0n) is 10.4. The first kappa shape index (κ1) is 12.6. The minimum absolute atomic E-state index is 0.179. The van der Waals surface area contributed by atoms with Crippen molar-refractivity contribution >= 4 is 0 Å². The van der Waals surface area contributed by atoms with Gasteiger partial charge < -0.3 is 15.0 Å². The van der Waals surface area contributed by atoms with Crippen molar-refractivity contribution in [2.24, 2.45) is 5.73 Å². The topological polar surface area (TPSA) is 74.2 Å². The monoisotopic (exact) mass is 247 g/mol. The van der Waals surface area contributed by atoms with Gasteiger partial charge in [-0.2, -0.15) is 4.98 Å². The van der Waals surface area contributed by atoms with E-state index in [0.29, 0.717) is 24.7 Å². The van der Waals surface area contributed by atoms with Crippen LogP contribution in [0, 0.1) is 0 Å². The molecule has 0 saturated heterocycles. The Balaban J connectivity index is 1.82. The predicted molar refractivity (Wildman–Crippen MR) is 67.2 cm³/mol. The Kier molecular flexibility index (Phi) is 4.30. The van der Waals surface area contributed by atoms with Crippen LogP contribution in [0.15, 0.2) is 34.9 Å². The first-order valence-corrected chi connectivity index (χ1v) is 6.05. The Labute approximate surface area is 106 Å². The Morgan fingerprint density at radius 3 is 2.83 bits per heavy atom. The van der Waals surface area contributed by atoms with Gasteiger partial charge in [-0.1, -0.05) is 30.3 Å². The highest BCUT2D eigenvalue weighted by Crippen LogP contribution is 2.12. The van der Waals surface area contributed by atoms with Crippen molar-refractivity contribution in [3.63, 3.8) is 0 Å². The molecule has 18 heavy (non-hydrogen) atoms. The van der Waals surface area contributed by atoms with Crippen LogP contribution in [0.1, 0.15) is 31.1 Å². The van der Waals surface area contributed by atoms with Crippen LogP contribution in [0.3, 0.4) is 0 Å². The Hall–Kier alpha value is -1.88. The highest BCUT2D eigenvalue weighted by atomic mass is 16.5. The van der Waals surface area contributed by atoms with E-state index in [1.54, 1.807) is 0 Å². The smallest absolute Gasteiger partial charge is 0.243 e. The van der Waals surface area contributed by atoms with Crippen molar-refractivity contribution in [2.45, 2.75) is 25.8 Å². The lowest BCUT2D eigenvalue weighted by Gasteiger charge is -2.03. The largest absolute Gasteiger partial charge is 0.493 e. The van der Waals surface area contributed by atoms with Crippen LogP contribution < -0.4 is 10.5 Å². The van der Waals surface area contributed by atoms with Crippen LogP contribution in [0.2, 0.25) is 0 Å². The van der Waals surface area contributed by atoms with Gasteiger partial charge >= 0.3 is 0 Å². The number of hydrogen-bond acceptors (Lipinski definition) is 5. The molecule has 0 bridgehead atoms. The number of para-hydroxylation sites is 1. The summed E-state index contributed by atoms with van der Waals surface area (Å²) in [5, 5.41) is 3.87. The van der Waals surface area contributed by atoms with Crippen molar-refractivity contribution in [1.29, 1.82) is 0 Å². The van der Waals surface area contributed by atoms with Gasteiger partial charge in [0.25, 0.3) is 0 Å². The van der Waals surface area contributed by atoms with E-state index in [4.69, 9.17) is 15.0 Å². The summed E-state index contributed by atoms with van der Waals surface area (Å²) in [7, 11) is 0. The van der Waals surface area contributed by atoms with E-state index in [1.165, 1.54) is 0 Å². The highest BCUT2D eigenvalue weighted by Gasteiger charge is 2.12. The van der Waals surface area contributed by atoms with E-state index in [9.17, 15) is 0 Å². The van der Waals surface area contributed by atoms with E-state index in [2.05, 4.69) is 10.1 Å². The van der Waals surface area contributed by atoms with Crippen LogP contribution in [0.25, 0.3) is 0 Å². The molecule has 1 atom stereocenters. The van der Waals surface area contributed by atoms with Crippen molar-refractivity contribution in [3.05, 3.63) is 42.0 Å². The molecule has 1 heterocycles. The quantitative estimate of drug-likeness (QED) is 0.846. The van der Waals surface area contributed by atoms with E-state index in [1.807, 2.05) is 37.3 Å². The molecule has 0 spiro atoms. The van der Waals surface area contributed by atoms with Crippen molar-refractivity contribution in [2.75, 3.05) is 6.61 Å². The first-order valence-electron chi connectivity index (χ1n) is 6.05. The van der Waals surface area contributed by atoms with Crippen molar-refractivity contribution < 1.29 is 9.26 Å². The van der Waals surface area contributed by atoms with Gasteiger partial charge in [0.1, 0.15) is 5.75 Å². The van der Waals surface area contributed by atoms with Gasteiger partial charge in [0.05, 0.1) is 12.6 Å². The molecule has 0 unspecified atom stereocenters. The maximum Gasteiger partial charge on any atom is 0.243 e. The molecular weight excluding hydrogens is 230 g/mol. The second-order valence-corrected chi connectivity index (χ2v) is 3.98. The van der Waals surface area contributed by atoms with E-state index in [-0.39, 0.29) is 6.04 Å². The van der Waals surface area contributed by atoms with Crippen LogP contribution in [-0.4, -0.2) is 16.7 Å². The minimum Gasteiger partial charge on any atom is -0.493 e. The maximum absolute atomic E-state index is 5.80.